The zero-order valence-corrected chi connectivity index (χ0v) is 14.2. The van der Waals surface area contributed by atoms with Crippen molar-refractivity contribution in [2.45, 2.75) is 64.1 Å². The highest BCUT2D eigenvalue weighted by atomic mass is 16.7. The van der Waals surface area contributed by atoms with E-state index in [0.29, 0.717) is 6.42 Å². The van der Waals surface area contributed by atoms with Gasteiger partial charge >= 0.3 is 5.97 Å². The second kappa shape index (κ2) is 12.0. The molecule has 130 valence electrons. The van der Waals surface area contributed by atoms with E-state index in [9.17, 15) is 9.59 Å². The largest absolute Gasteiger partial charge is 0.460 e. The number of carbonyl (C=O) groups is 2. The molecule has 0 fully saturated rings. The first-order chi connectivity index (χ1) is 11.1. The number of esters is 1. The molecule has 0 saturated heterocycles. The van der Waals surface area contributed by atoms with Gasteiger partial charge in [0.05, 0.1) is 6.10 Å². The minimum Gasteiger partial charge on any atom is -0.460 e. The molecule has 0 bridgehead atoms. The Bertz CT molecular complexity index is 414. The normalized spacial score (nSPS) is 28.1. The smallest absolute Gasteiger partial charge is 0.331 e. The first kappa shape index (κ1) is 19.6. The fourth-order valence-corrected chi connectivity index (χ4v) is 2.36. The van der Waals surface area contributed by atoms with Crippen molar-refractivity contribution in [3.63, 3.8) is 0 Å². The molecule has 23 heavy (non-hydrogen) atoms. The molecule has 5 heteroatoms. The highest BCUT2D eigenvalue weighted by Crippen LogP contribution is 2.11. The van der Waals surface area contributed by atoms with Gasteiger partial charge in [-0.3, -0.25) is 4.79 Å². The lowest BCUT2D eigenvalue weighted by molar-refractivity contribution is -0.143. The average molecular weight is 324 g/mol. The van der Waals surface area contributed by atoms with Crippen LogP contribution in [0, 0.1) is 0 Å². The van der Waals surface area contributed by atoms with Crippen LogP contribution in [0.4, 0.5) is 0 Å². The molecule has 1 heterocycles. The number of hydrogen-bond donors (Lipinski definition) is 0. The first-order valence-electron chi connectivity index (χ1n) is 8.31. The summed E-state index contributed by atoms with van der Waals surface area (Å²) in [5.74, 6) is -0.717. The minimum atomic E-state index is -0.585. The molecule has 0 radical (unpaired) electrons. The topological polar surface area (TPSA) is 61.8 Å². The van der Waals surface area contributed by atoms with Gasteiger partial charge in [-0.2, -0.15) is 0 Å². The summed E-state index contributed by atoms with van der Waals surface area (Å²) in [5.41, 5.74) is 0. The molecule has 0 saturated carbocycles. The van der Waals surface area contributed by atoms with E-state index in [1.807, 2.05) is 6.92 Å². The predicted molar refractivity (Wildman–Crippen MR) is 87.9 cm³/mol. The average Bonchev–Trinajstić information content (AvgIpc) is 2.52. The Balaban J connectivity index is 2.67. The summed E-state index contributed by atoms with van der Waals surface area (Å²) in [7, 11) is 1.51. The molecule has 0 spiro atoms. The van der Waals surface area contributed by atoms with Crippen LogP contribution in [0.1, 0.15) is 51.9 Å². The maximum Gasteiger partial charge on any atom is 0.331 e. The minimum absolute atomic E-state index is 0.0571. The van der Waals surface area contributed by atoms with Gasteiger partial charge < -0.3 is 14.2 Å². The van der Waals surface area contributed by atoms with E-state index >= 15 is 0 Å². The Morgan fingerprint density at radius 2 is 1.83 bits per heavy atom. The highest BCUT2D eigenvalue weighted by Gasteiger charge is 2.17. The summed E-state index contributed by atoms with van der Waals surface area (Å²) < 4.78 is 15.5. The molecule has 0 aromatic rings. The summed E-state index contributed by atoms with van der Waals surface area (Å²) >= 11 is 0. The second-order valence-electron chi connectivity index (χ2n) is 5.73. The third-order valence-electron chi connectivity index (χ3n) is 3.64. The van der Waals surface area contributed by atoms with Crippen LogP contribution in [0.15, 0.2) is 24.3 Å². The van der Waals surface area contributed by atoms with Crippen LogP contribution in [0.2, 0.25) is 0 Å². The van der Waals surface area contributed by atoms with Crippen molar-refractivity contribution >= 4 is 11.8 Å². The van der Waals surface area contributed by atoms with Crippen molar-refractivity contribution in [2.24, 2.45) is 0 Å². The molecule has 0 aromatic heterocycles. The van der Waals surface area contributed by atoms with Gasteiger partial charge in [0.2, 0.25) is 0 Å². The maximum absolute atomic E-state index is 12.1. The zero-order chi connectivity index (χ0) is 16.9. The third kappa shape index (κ3) is 9.31. The first-order valence-corrected chi connectivity index (χ1v) is 8.31. The lowest BCUT2D eigenvalue weighted by Gasteiger charge is -2.14. The lowest BCUT2D eigenvalue weighted by atomic mass is 10.1. The molecule has 0 N–H and O–H groups in total. The van der Waals surface area contributed by atoms with E-state index in [4.69, 9.17) is 14.2 Å². The Hall–Kier alpha value is -1.46. The van der Waals surface area contributed by atoms with Crippen molar-refractivity contribution < 1.29 is 23.8 Å². The van der Waals surface area contributed by atoms with Crippen LogP contribution in [-0.2, 0) is 23.8 Å². The van der Waals surface area contributed by atoms with E-state index in [-0.39, 0.29) is 18.7 Å². The number of methoxy groups -OCH3 is 1. The van der Waals surface area contributed by atoms with Crippen molar-refractivity contribution in [3.8, 4) is 0 Å². The Kier molecular flexibility index (Phi) is 10.2. The van der Waals surface area contributed by atoms with Gasteiger partial charge in [-0.05, 0) is 57.9 Å². The van der Waals surface area contributed by atoms with Gasteiger partial charge in [0.15, 0.2) is 5.78 Å². The Morgan fingerprint density at radius 1 is 1.09 bits per heavy atom. The van der Waals surface area contributed by atoms with Gasteiger partial charge in [0.25, 0.3) is 0 Å². The Labute approximate surface area is 138 Å². The predicted octanol–water partition coefficient (Wildman–Crippen LogP) is 3.33. The molecule has 5 nitrogen and oxygen atoms in total. The SMILES string of the molecule is COCO[C@H]1CCC/C=C/CCCC[C@@H](C)OC(=O)/C=C/C1=O. The van der Waals surface area contributed by atoms with Gasteiger partial charge in [0, 0.05) is 13.2 Å². The van der Waals surface area contributed by atoms with Crippen molar-refractivity contribution in [3.05, 3.63) is 24.3 Å². The van der Waals surface area contributed by atoms with Crippen LogP contribution in [0.25, 0.3) is 0 Å². The molecule has 0 unspecified atom stereocenters. The molecule has 1 aliphatic rings. The molecule has 0 aliphatic carbocycles. The van der Waals surface area contributed by atoms with E-state index < -0.39 is 12.1 Å². The number of rotatable bonds is 3. The molecule has 1 rings (SSSR count). The third-order valence-corrected chi connectivity index (χ3v) is 3.64. The van der Waals surface area contributed by atoms with Crippen molar-refractivity contribution in [2.75, 3.05) is 13.9 Å². The summed E-state index contributed by atoms with van der Waals surface area (Å²) in [6.45, 7) is 1.93. The second-order valence-corrected chi connectivity index (χ2v) is 5.73. The van der Waals surface area contributed by atoms with Gasteiger partial charge in [-0.15, -0.1) is 0 Å². The summed E-state index contributed by atoms with van der Waals surface area (Å²) in [4.78, 5) is 23.9. The zero-order valence-electron chi connectivity index (χ0n) is 14.2. The number of allylic oxidation sites excluding steroid dienone is 2. The van der Waals surface area contributed by atoms with E-state index in [1.54, 1.807) is 0 Å². The number of hydrogen-bond acceptors (Lipinski definition) is 5. The van der Waals surface area contributed by atoms with Crippen LogP contribution < -0.4 is 0 Å². The molecular weight excluding hydrogens is 296 g/mol. The highest BCUT2D eigenvalue weighted by molar-refractivity contribution is 5.98. The number of cyclic esters (lactones) is 1. The lowest BCUT2D eigenvalue weighted by Crippen LogP contribution is -2.24. The van der Waals surface area contributed by atoms with E-state index in [0.717, 1.165) is 38.5 Å². The fraction of sp³-hybridized carbons (Fsp3) is 0.667. The van der Waals surface area contributed by atoms with Crippen LogP contribution >= 0.6 is 0 Å². The Morgan fingerprint density at radius 3 is 2.57 bits per heavy atom. The van der Waals surface area contributed by atoms with Gasteiger partial charge in [-0.1, -0.05) is 12.2 Å². The molecule has 0 aromatic carbocycles. The van der Waals surface area contributed by atoms with Gasteiger partial charge in [-0.25, -0.2) is 4.79 Å². The number of ketones is 1. The van der Waals surface area contributed by atoms with E-state index in [2.05, 4.69) is 12.2 Å². The standard InChI is InChI=1S/C18H28O5/c1-15-10-8-6-4-3-5-7-9-11-17(22-14-21-2)16(19)12-13-18(20)23-15/h3,5,12-13,15,17H,4,6-11,14H2,1-2H3/b5-3+,13-12+/t15-,17+/m1/s1. The quantitative estimate of drug-likeness (QED) is 0.453. The molecular formula is C18H28O5. The van der Waals surface area contributed by atoms with Crippen LogP contribution in [0.5, 0.6) is 0 Å². The summed E-state index contributed by atoms with van der Waals surface area (Å²) in [5, 5.41) is 0. The van der Waals surface area contributed by atoms with Crippen molar-refractivity contribution in [1.82, 2.24) is 0 Å². The number of carbonyl (C=O) groups excluding carboxylic acids is 2. The van der Waals surface area contributed by atoms with Crippen LogP contribution in [0.3, 0.4) is 0 Å². The molecule has 0 amide bonds. The van der Waals surface area contributed by atoms with Crippen LogP contribution in [-0.4, -0.2) is 37.9 Å². The monoisotopic (exact) mass is 324 g/mol. The van der Waals surface area contributed by atoms with Crippen molar-refractivity contribution in [1.29, 1.82) is 0 Å². The van der Waals surface area contributed by atoms with E-state index in [1.165, 1.54) is 19.3 Å². The molecule has 1 aliphatic heterocycles. The summed E-state index contributed by atoms with van der Waals surface area (Å²) in [6, 6.07) is 0. The fourth-order valence-electron chi connectivity index (χ4n) is 2.36. The maximum atomic E-state index is 12.1. The number of ether oxygens (including phenoxy) is 3. The molecule has 2 atom stereocenters. The summed E-state index contributed by atoms with van der Waals surface area (Å²) in [6.07, 6.45) is 12.4. The van der Waals surface area contributed by atoms with Gasteiger partial charge in [0.1, 0.15) is 12.9 Å².